The summed E-state index contributed by atoms with van der Waals surface area (Å²) in [5.41, 5.74) is 8.30. The van der Waals surface area contributed by atoms with Crippen LogP contribution in [0.4, 0.5) is 0 Å². The summed E-state index contributed by atoms with van der Waals surface area (Å²) < 4.78 is 1.63. The standard InChI is InChI=1S/C29H37Si.3ClH.Ti/c1-21-17-22(2)19-28(18-21)30(26-13-9-7-10-14-26,27-15-11-8-12-16-27)29(6)20-23(3)24(4)25(29)5;;;;/h7,9-10,13-14,17-19,27H,8,11-12,15-16H2,1-6H3;3*1H;/q;;;;+3/p-3. The first-order valence-electron chi connectivity index (χ1n) is 12.0. The summed E-state index contributed by atoms with van der Waals surface area (Å²) >= 11 is 2.45. The molecule has 0 heterocycles. The van der Waals surface area contributed by atoms with E-state index in [2.05, 4.69) is 111 Å². The molecule has 0 aliphatic heterocycles. The van der Waals surface area contributed by atoms with E-state index in [9.17, 15) is 0 Å². The zero-order chi connectivity index (χ0) is 22.4. The van der Waals surface area contributed by atoms with Gasteiger partial charge in [-0.3, -0.25) is 0 Å². The van der Waals surface area contributed by atoms with Gasteiger partial charge in [-0.2, -0.15) is 0 Å². The van der Waals surface area contributed by atoms with Crippen molar-refractivity contribution in [1.82, 2.24) is 0 Å². The van der Waals surface area contributed by atoms with E-state index in [0.717, 1.165) is 5.54 Å². The number of hydrogen-bond donors (Lipinski definition) is 0. The maximum absolute atomic E-state index is 2.63. The minimum atomic E-state index is -2.23. The Bertz CT molecular complexity index is 1010. The maximum Gasteiger partial charge on any atom is -1.00 e. The Labute approximate surface area is 239 Å². The van der Waals surface area contributed by atoms with Gasteiger partial charge in [-0.25, -0.2) is 0 Å². The van der Waals surface area contributed by atoms with E-state index < -0.39 is 8.07 Å². The van der Waals surface area contributed by atoms with Gasteiger partial charge in [-0.05, 0) is 0 Å². The van der Waals surface area contributed by atoms with Crippen LogP contribution < -0.4 is 47.6 Å². The normalized spacial score (nSPS) is 22.5. The van der Waals surface area contributed by atoms with Crippen LogP contribution in [0.15, 0.2) is 69.1 Å². The van der Waals surface area contributed by atoms with Gasteiger partial charge in [-0.1, -0.05) is 0 Å². The van der Waals surface area contributed by atoms with Crippen LogP contribution in [0.5, 0.6) is 0 Å². The van der Waals surface area contributed by atoms with Crippen molar-refractivity contribution in [2.75, 3.05) is 0 Å². The van der Waals surface area contributed by atoms with Gasteiger partial charge in [-0.15, -0.1) is 0 Å². The molecule has 4 rings (SSSR count). The van der Waals surface area contributed by atoms with Gasteiger partial charge in [0.15, 0.2) is 0 Å². The Morgan fingerprint density at radius 1 is 0.735 bits per heavy atom. The van der Waals surface area contributed by atoms with Crippen molar-refractivity contribution in [1.29, 1.82) is 0 Å². The Hall–Kier alpha value is -0.279. The minimum Gasteiger partial charge on any atom is -1.00 e. The second-order valence-corrected chi connectivity index (χ2v) is 15.6. The summed E-state index contributed by atoms with van der Waals surface area (Å²) in [6.07, 6.45) is 6.93. The first kappa shape index (κ1) is 31.8. The number of halogens is 3. The number of rotatable bonds is 4. The van der Waals surface area contributed by atoms with Crippen molar-refractivity contribution in [3.8, 4) is 0 Å². The van der Waals surface area contributed by atoms with Crippen molar-refractivity contribution in [2.24, 2.45) is 0 Å². The van der Waals surface area contributed by atoms with E-state index in [4.69, 9.17) is 0 Å². The first-order chi connectivity index (χ1) is 14.7. The molecule has 2 aliphatic rings. The van der Waals surface area contributed by atoms with E-state index in [0.29, 0.717) is 0 Å². The van der Waals surface area contributed by atoms with Gasteiger partial charge >= 0.3 is 203 Å². The Kier molecular flexibility index (Phi) is 11.5. The summed E-state index contributed by atoms with van der Waals surface area (Å²) in [5, 5.41) is 3.41. The fraction of sp³-hybridized carbons (Fsp3) is 0.448. The van der Waals surface area contributed by atoms with E-state index in [1.165, 1.54) is 54.4 Å². The number of hydrogen-bond acceptors (Lipinski definition) is 0. The molecule has 182 valence electrons. The number of benzene rings is 2. The summed E-state index contributed by atoms with van der Waals surface area (Å²) in [5.74, 6) is 0. The second-order valence-electron chi connectivity index (χ2n) is 10.3. The summed E-state index contributed by atoms with van der Waals surface area (Å²) in [6.45, 7) is 14.4. The molecule has 2 aromatic rings. The SMILES string of the molecule is CC1=C(C)C(C)([Si](c2ccccc2)(c2cc(C)cc(C)c2)C2CCCCC2)[C]([Ti+3])=C1C.[Cl-].[Cl-].[Cl-]. The van der Waals surface area contributed by atoms with Crippen LogP contribution in [0.25, 0.3) is 0 Å². The third-order valence-electron chi connectivity index (χ3n) is 8.66. The summed E-state index contributed by atoms with van der Waals surface area (Å²) in [6, 6.07) is 19.2. The smallest absolute Gasteiger partial charge is 1.00 e. The van der Waals surface area contributed by atoms with Gasteiger partial charge in [0.05, 0.1) is 0 Å². The average molecular weight is 568 g/mol. The van der Waals surface area contributed by atoms with Crippen LogP contribution in [0.2, 0.25) is 10.6 Å². The number of allylic oxidation sites excluding steroid dienone is 4. The fourth-order valence-electron chi connectivity index (χ4n) is 6.96. The molecule has 2 unspecified atom stereocenters. The number of aryl methyl sites for hydroxylation is 2. The Morgan fingerprint density at radius 2 is 1.26 bits per heavy atom. The Balaban J connectivity index is 0.00000193. The molecule has 0 nitrogen and oxygen atoms in total. The predicted octanol–water partition coefficient (Wildman–Crippen LogP) is -1.86. The molecule has 2 atom stereocenters. The van der Waals surface area contributed by atoms with Crippen molar-refractivity contribution in [2.45, 2.75) is 84.2 Å². The molecule has 0 spiro atoms. The zero-order valence-corrected chi connectivity index (χ0v) is 26.2. The molecule has 2 aromatic carbocycles. The fourth-order valence-corrected chi connectivity index (χ4v) is 16.0. The van der Waals surface area contributed by atoms with Gasteiger partial charge in [0.25, 0.3) is 0 Å². The molecule has 0 radical (unpaired) electrons. The molecule has 0 amide bonds. The molecule has 0 saturated heterocycles. The third kappa shape index (κ3) is 4.83. The van der Waals surface area contributed by atoms with Crippen LogP contribution in [0.1, 0.15) is 70.9 Å². The van der Waals surface area contributed by atoms with E-state index in [1.54, 1.807) is 19.8 Å². The molecule has 34 heavy (non-hydrogen) atoms. The Morgan fingerprint density at radius 3 is 1.74 bits per heavy atom. The van der Waals surface area contributed by atoms with Gasteiger partial charge < -0.3 is 37.2 Å². The van der Waals surface area contributed by atoms with Crippen molar-refractivity contribution < 1.29 is 57.7 Å². The van der Waals surface area contributed by atoms with Gasteiger partial charge in [0, 0.05) is 0 Å². The average Bonchev–Trinajstić information content (AvgIpc) is 2.91. The molecule has 5 heteroatoms. The molecule has 0 N–H and O–H groups in total. The molecule has 1 fully saturated rings. The van der Waals surface area contributed by atoms with Crippen molar-refractivity contribution >= 4 is 18.4 Å². The van der Waals surface area contributed by atoms with Crippen LogP contribution in [-0.4, -0.2) is 8.07 Å². The maximum atomic E-state index is 2.63. The first-order valence-corrected chi connectivity index (χ1v) is 14.9. The second kappa shape index (κ2) is 12.3. The van der Waals surface area contributed by atoms with Gasteiger partial charge in [0.1, 0.15) is 0 Å². The van der Waals surface area contributed by atoms with Crippen LogP contribution in [0, 0.1) is 13.8 Å². The molecule has 1 saturated carbocycles. The van der Waals surface area contributed by atoms with E-state index in [-0.39, 0.29) is 42.3 Å². The predicted molar refractivity (Wildman–Crippen MR) is 134 cm³/mol. The molecular weight excluding hydrogens is 531 g/mol. The quantitative estimate of drug-likeness (QED) is 0.381. The van der Waals surface area contributed by atoms with E-state index >= 15 is 0 Å². The van der Waals surface area contributed by atoms with Crippen LogP contribution >= 0.6 is 0 Å². The zero-order valence-electron chi connectivity index (χ0n) is 21.4. The van der Waals surface area contributed by atoms with Crippen molar-refractivity contribution in [3.05, 3.63) is 80.3 Å². The molecule has 0 aromatic heterocycles. The van der Waals surface area contributed by atoms with Crippen LogP contribution in [-0.2, 0) is 20.4 Å². The largest absolute Gasteiger partial charge is 1.00 e. The molecule has 0 bridgehead atoms. The third-order valence-corrected chi connectivity index (χ3v) is 16.9. The van der Waals surface area contributed by atoms with Crippen LogP contribution in [0.3, 0.4) is 0 Å². The molecular formula is C29H37Cl3SiTi. The molecule has 2 aliphatic carbocycles. The minimum absolute atomic E-state index is 0. The van der Waals surface area contributed by atoms with Gasteiger partial charge in [0.2, 0.25) is 0 Å². The summed E-state index contributed by atoms with van der Waals surface area (Å²) in [7, 11) is -2.23. The van der Waals surface area contributed by atoms with E-state index in [1.807, 2.05) is 0 Å². The summed E-state index contributed by atoms with van der Waals surface area (Å²) in [4.78, 5) is 0. The monoisotopic (exact) mass is 566 g/mol. The topological polar surface area (TPSA) is 0 Å². The van der Waals surface area contributed by atoms with Crippen molar-refractivity contribution in [3.63, 3.8) is 0 Å².